The molecule has 98 valence electrons. The summed E-state index contributed by atoms with van der Waals surface area (Å²) in [6.45, 7) is 2.69. The summed E-state index contributed by atoms with van der Waals surface area (Å²) < 4.78 is 0. The van der Waals surface area contributed by atoms with Crippen molar-refractivity contribution in [3.8, 4) is 0 Å². The third-order valence-corrected chi connectivity index (χ3v) is 2.50. The number of aliphatic carboxylic acids is 1. The van der Waals surface area contributed by atoms with Crippen LogP contribution in [0.25, 0.3) is 0 Å². The molecule has 0 radical (unpaired) electrons. The molecule has 1 aromatic rings. The van der Waals surface area contributed by atoms with Crippen LogP contribution in [0.4, 0.5) is 0 Å². The topological polar surface area (TPSA) is 52.6 Å². The van der Waals surface area contributed by atoms with E-state index >= 15 is 0 Å². The average Bonchev–Trinajstić information content (AvgIpc) is 2.34. The van der Waals surface area contributed by atoms with Crippen LogP contribution in [0.15, 0.2) is 42.6 Å². The first-order valence-corrected chi connectivity index (χ1v) is 6.04. The summed E-state index contributed by atoms with van der Waals surface area (Å²) in [5.41, 5.74) is 1.30. The molecule has 0 heterocycles. The van der Waals surface area contributed by atoms with Crippen LogP contribution >= 0.6 is 0 Å². The van der Waals surface area contributed by atoms with Gasteiger partial charge in [-0.1, -0.05) is 30.3 Å². The van der Waals surface area contributed by atoms with Crippen molar-refractivity contribution in [2.75, 3.05) is 20.1 Å². The van der Waals surface area contributed by atoms with E-state index in [4.69, 9.17) is 5.11 Å². The van der Waals surface area contributed by atoms with Gasteiger partial charge in [-0.3, -0.25) is 0 Å². The zero-order valence-corrected chi connectivity index (χ0v) is 10.7. The van der Waals surface area contributed by atoms with Gasteiger partial charge in [0.25, 0.3) is 0 Å². The summed E-state index contributed by atoms with van der Waals surface area (Å²) in [5.74, 6) is -0.927. The van der Waals surface area contributed by atoms with Gasteiger partial charge in [-0.2, -0.15) is 0 Å². The van der Waals surface area contributed by atoms with E-state index in [0.717, 1.165) is 32.1 Å². The van der Waals surface area contributed by atoms with Gasteiger partial charge in [0.1, 0.15) is 0 Å². The van der Waals surface area contributed by atoms with Crippen LogP contribution in [0.5, 0.6) is 0 Å². The van der Waals surface area contributed by atoms with Crippen molar-refractivity contribution in [2.24, 2.45) is 0 Å². The van der Waals surface area contributed by atoms with Gasteiger partial charge in [0.15, 0.2) is 0 Å². The Labute approximate surface area is 108 Å². The van der Waals surface area contributed by atoms with Crippen LogP contribution in [-0.2, 0) is 11.3 Å². The summed E-state index contributed by atoms with van der Waals surface area (Å²) in [4.78, 5) is 12.5. The molecule has 2 N–H and O–H groups in total. The van der Waals surface area contributed by atoms with Crippen LogP contribution < -0.4 is 5.32 Å². The number of nitrogens with one attached hydrogen (secondary N) is 1. The Morgan fingerprint density at radius 1 is 1.39 bits per heavy atom. The Hall–Kier alpha value is -1.81. The molecule has 0 unspecified atom stereocenters. The molecular weight excluding hydrogens is 228 g/mol. The van der Waals surface area contributed by atoms with Crippen molar-refractivity contribution >= 4 is 5.97 Å². The number of carboxylic acid groups (broad SMARTS) is 1. The number of rotatable bonds is 8. The number of hydrogen-bond acceptors (Lipinski definition) is 3. The monoisotopic (exact) mass is 248 g/mol. The molecule has 0 aromatic heterocycles. The van der Waals surface area contributed by atoms with Gasteiger partial charge in [-0.25, -0.2) is 4.79 Å². The van der Waals surface area contributed by atoms with Crippen LogP contribution in [0.3, 0.4) is 0 Å². The number of carbonyl (C=O) groups is 1. The maximum absolute atomic E-state index is 10.2. The summed E-state index contributed by atoms with van der Waals surface area (Å²) in [5, 5.41) is 11.3. The van der Waals surface area contributed by atoms with Gasteiger partial charge in [0.2, 0.25) is 0 Å². The van der Waals surface area contributed by atoms with Crippen LogP contribution in [-0.4, -0.2) is 36.1 Å². The van der Waals surface area contributed by atoms with Crippen LogP contribution in [0.1, 0.15) is 12.0 Å². The van der Waals surface area contributed by atoms with Crippen molar-refractivity contribution in [3.63, 3.8) is 0 Å². The lowest BCUT2D eigenvalue weighted by atomic mass is 10.2. The Bertz CT molecular complexity index is 377. The standard InChI is InChI=1S/C14H20N2O2/c1-16(12-13-6-3-2-4-7-13)11-5-9-15-10-8-14(17)18/h2-4,6-8,10,15H,5,9,11-12H2,1H3,(H,17,18)/b10-8+. The van der Waals surface area contributed by atoms with Gasteiger partial charge in [0.05, 0.1) is 0 Å². The lowest BCUT2D eigenvalue weighted by Crippen LogP contribution is -2.22. The Balaban J connectivity index is 2.10. The largest absolute Gasteiger partial charge is 0.478 e. The van der Waals surface area contributed by atoms with E-state index in [1.54, 1.807) is 0 Å². The molecule has 0 aliphatic heterocycles. The highest BCUT2D eigenvalue weighted by Gasteiger charge is 1.98. The quantitative estimate of drug-likeness (QED) is 0.543. The minimum atomic E-state index is -0.927. The first kappa shape index (κ1) is 14.3. The highest BCUT2D eigenvalue weighted by molar-refractivity contribution is 5.79. The summed E-state index contributed by atoms with van der Waals surface area (Å²) in [6, 6.07) is 10.3. The van der Waals surface area contributed by atoms with Gasteiger partial charge >= 0.3 is 5.97 Å². The number of hydrogen-bond donors (Lipinski definition) is 2. The Morgan fingerprint density at radius 2 is 2.11 bits per heavy atom. The maximum atomic E-state index is 10.2. The minimum absolute atomic E-state index is 0.781. The average molecular weight is 248 g/mol. The molecule has 0 aliphatic rings. The predicted octanol–water partition coefficient (Wildman–Crippen LogP) is 1.70. The van der Waals surface area contributed by atoms with Gasteiger partial charge in [0, 0.05) is 25.4 Å². The molecule has 0 fully saturated rings. The van der Waals surface area contributed by atoms with Crippen molar-refractivity contribution in [2.45, 2.75) is 13.0 Å². The zero-order valence-electron chi connectivity index (χ0n) is 10.7. The fourth-order valence-electron chi connectivity index (χ4n) is 1.64. The second-order valence-electron chi connectivity index (χ2n) is 4.20. The normalized spacial score (nSPS) is 11.0. The summed E-state index contributed by atoms with van der Waals surface area (Å²) in [7, 11) is 2.08. The third-order valence-electron chi connectivity index (χ3n) is 2.50. The molecule has 4 nitrogen and oxygen atoms in total. The first-order chi connectivity index (χ1) is 8.68. The fourth-order valence-corrected chi connectivity index (χ4v) is 1.64. The molecule has 0 amide bonds. The molecule has 0 bridgehead atoms. The van der Waals surface area contributed by atoms with E-state index in [2.05, 4.69) is 29.4 Å². The predicted molar refractivity (Wildman–Crippen MR) is 72.2 cm³/mol. The molecule has 18 heavy (non-hydrogen) atoms. The van der Waals surface area contributed by atoms with Crippen LogP contribution in [0, 0.1) is 0 Å². The molecule has 0 saturated carbocycles. The second kappa shape index (κ2) is 8.31. The molecule has 4 heteroatoms. The zero-order chi connectivity index (χ0) is 13.2. The molecule has 0 spiro atoms. The third kappa shape index (κ3) is 6.70. The van der Waals surface area contributed by atoms with Gasteiger partial charge in [-0.05, 0) is 25.6 Å². The van der Waals surface area contributed by atoms with Crippen LogP contribution in [0.2, 0.25) is 0 Å². The Morgan fingerprint density at radius 3 is 2.78 bits per heavy atom. The molecular formula is C14H20N2O2. The second-order valence-corrected chi connectivity index (χ2v) is 4.20. The highest BCUT2D eigenvalue weighted by Crippen LogP contribution is 2.02. The SMILES string of the molecule is CN(CCCN/C=C/C(=O)O)Cc1ccccc1. The van der Waals surface area contributed by atoms with Crippen molar-refractivity contribution in [3.05, 3.63) is 48.2 Å². The summed E-state index contributed by atoms with van der Waals surface area (Å²) >= 11 is 0. The highest BCUT2D eigenvalue weighted by atomic mass is 16.4. The van der Waals surface area contributed by atoms with E-state index in [1.807, 2.05) is 18.2 Å². The smallest absolute Gasteiger partial charge is 0.329 e. The first-order valence-electron chi connectivity index (χ1n) is 6.04. The molecule has 1 aromatic carbocycles. The van der Waals surface area contributed by atoms with E-state index in [-0.39, 0.29) is 0 Å². The fraction of sp³-hybridized carbons (Fsp3) is 0.357. The van der Waals surface area contributed by atoms with E-state index in [9.17, 15) is 4.79 Å². The van der Waals surface area contributed by atoms with E-state index < -0.39 is 5.97 Å². The molecule has 0 aliphatic carbocycles. The number of benzene rings is 1. The Kier molecular flexibility index (Phi) is 6.58. The van der Waals surface area contributed by atoms with E-state index in [0.29, 0.717) is 0 Å². The van der Waals surface area contributed by atoms with Crippen molar-refractivity contribution in [1.29, 1.82) is 0 Å². The van der Waals surface area contributed by atoms with Crippen molar-refractivity contribution in [1.82, 2.24) is 10.2 Å². The van der Waals surface area contributed by atoms with Crippen molar-refractivity contribution < 1.29 is 9.90 Å². The number of nitrogens with zero attached hydrogens (tertiary/aromatic N) is 1. The molecule has 1 rings (SSSR count). The summed E-state index contributed by atoms with van der Waals surface area (Å²) in [6.07, 6.45) is 3.56. The van der Waals surface area contributed by atoms with Gasteiger partial charge in [-0.15, -0.1) is 0 Å². The number of carboxylic acids is 1. The van der Waals surface area contributed by atoms with E-state index in [1.165, 1.54) is 11.8 Å². The molecule has 0 saturated heterocycles. The minimum Gasteiger partial charge on any atom is -0.478 e. The maximum Gasteiger partial charge on any atom is 0.329 e. The van der Waals surface area contributed by atoms with Gasteiger partial charge < -0.3 is 15.3 Å². The molecule has 0 atom stereocenters. The lowest BCUT2D eigenvalue weighted by molar-refractivity contribution is -0.131. The lowest BCUT2D eigenvalue weighted by Gasteiger charge is -2.16.